The highest BCUT2D eigenvalue weighted by Gasteiger charge is 2.14. The number of rotatable bonds is 2. The summed E-state index contributed by atoms with van der Waals surface area (Å²) in [7, 11) is 0. The molecule has 0 amide bonds. The van der Waals surface area contributed by atoms with E-state index in [0.29, 0.717) is 0 Å². The summed E-state index contributed by atoms with van der Waals surface area (Å²) in [4.78, 5) is 0. The molecule has 23 heavy (non-hydrogen) atoms. The van der Waals surface area contributed by atoms with Gasteiger partial charge in [-0.25, -0.2) is 0 Å². The summed E-state index contributed by atoms with van der Waals surface area (Å²) in [6, 6.07) is 13.0. The largest absolute Gasteiger partial charge is 0.334 e. The number of hydrogen-bond acceptors (Lipinski definition) is 0. The molecule has 1 atom stereocenters. The molecule has 1 heterocycles. The van der Waals surface area contributed by atoms with Crippen molar-refractivity contribution in [2.24, 2.45) is 0 Å². The van der Waals surface area contributed by atoms with Crippen molar-refractivity contribution in [2.45, 2.75) is 26.8 Å². The highest BCUT2D eigenvalue weighted by molar-refractivity contribution is 6.08. The second kappa shape index (κ2) is 6.07. The molecule has 0 aliphatic heterocycles. The first-order chi connectivity index (χ1) is 11.2. The number of fused-ring (bicyclic) bond motifs is 3. The molecule has 3 aromatic rings. The van der Waals surface area contributed by atoms with Crippen LogP contribution < -0.4 is 0 Å². The molecule has 1 aromatic heterocycles. The van der Waals surface area contributed by atoms with E-state index in [1.807, 2.05) is 19.9 Å². The molecular weight excluding hydrogens is 278 g/mol. The van der Waals surface area contributed by atoms with Crippen molar-refractivity contribution in [1.29, 1.82) is 0 Å². The Balaban J connectivity index is 2.45. The molecule has 0 radical (unpaired) electrons. The molecule has 1 unspecified atom stereocenters. The smallest absolute Gasteiger partial charge is 0.0509 e. The van der Waals surface area contributed by atoms with Gasteiger partial charge in [-0.15, -0.1) is 18.4 Å². The molecule has 1 nitrogen and oxygen atoms in total. The maximum Gasteiger partial charge on any atom is 0.0509 e. The van der Waals surface area contributed by atoms with Crippen LogP contribution in [0.1, 0.15) is 37.9 Å². The van der Waals surface area contributed by atoms with Gasteiger partial charge in [0, 0.05) is 27.9 Å². The van der Waals surface area contributed by atoms with Crippen LogP contribution in [0.4, 0.5) is 0 Å². The molecule has 0 saturated carbocycles. The maximum atomic E-state index is 3.97. The van der Waals surface area contributed by atoms with Gasteiger partial charge in [0.2, 0.25) is 0 Å². The molecule has 0 aliphatic carbocycles. The van der Waals surface area contributed by atoms with E-state index in [0.717, 1.165) is 11.1 Å². The summed E-state index contributed by atoms with van der Waals surface area (Å²) < 4.78 is 2.32. The zero-order valence-electron chi connectivity index (χ0n) is 13.8. The molecule has 2 aromatic carbocycles. The molecule has 1 heteroatoms. The Morgan fingerprint density at radius 1 is 0.913 bits per heavy atom. The van der Waals surface area contributed by atoms with Gasteiger partial charge in [0.05, 0.1) is 11.0 Å². The first-order valence-corrected chi connectivity index (χ1v) is 7.75. The van der Waals surface area contributed by atoms with Gasteiger partial charge >= 0.3 is 0 Å². The molecule has 0 aliphatic rings. The van der Waals surface area contributed by atoms with E-state index in [9.17, 15) is 0 Å². The maximum absolute atomic E-state index is 3.97. The quantitative estimate of drug-likeness (QED) is 0.448. The zero-order chi connectivity index (χ0) is 16.4. The van der Waals surface area contributed by atoms with Crippen LogP contribution in [0.2, 0.25) is 0 Å². The van der Waals surface area contributed by atoms with Crippen molar-refractivity contribution in [3.8, 4) is 23.7 Å². The van der Waals surface area contributed by atoms with E-state index < -0.39 is 0 Å². The van der Waals surface area contributed by atoms with Crippen LogP contribution >= 0.6 is 0 Å². The summed E-state index contributed by atoms with van der Waals surface area (Å²) in [6.07, 6.45) is 1.97. The highest BCUT2D eigenvalue weighted by Crippen LogP contribution is 2.33. The van der Waals surface area contributed by atoms with Crippen LogP contribution in [0.25, 0.3) is 21.8 Å². The van der Waals surface area contributed by atoms with Crippen molar-refractivity contribution in [3.63, 3.8) is 0 Å². The van der Waals surface area contributed by atoms with Gasteiger partial charge < -0.3 is 4.57 Å². The Labute approximate surface area is 137 Å². The minimum absolute atomic E-state index is 0.199. The highest BCUT2D eigenvalue weighted by atomic mass is 15.0. The van der Waals surface area contributed by atoms with Crippen LogP contribution in [0, 0.1) is 23.7 Å². The molecule has 0 bridgehead atoms. The van der Waals surface area contributed by atoms with Gasteiger partial charge in [0.15, 0.2) is 0 Å². The number of hydrogen-bond donors (Lipinski definition) is 0. The Hall–Kier alpha value is -2.90. The van der Waals surface area contributed by atoms with Gasteiger partial charge in [-0.2, -0.15) is 0 Å². The topological polar surface area (TPSA) is 4.93 Å². The van der Waals surface area contributed by atoms with Crippen LogP contribution in [0.5, 0.6) is 0 Å². The average molecular weight is 297 g/mol. The van der Waals surface area contributed by atoms with Gasteiger partial charge in [-0.3, -0.25) is 0 Å². The van der Waals surface area contributed by atoms with Crippen LogP contribution in [-0.2, 0) is 0 Å². The van der Waals surface area contributed by atoms with E-state index in [4.69, 9.17) is 0 Å². The molecule has 0 fully saturated rings. The Bertz CT molecular complexity index is 949. The predicted molar refractivity (Wildman–Crippen MR) is 99.5 cm³/mol. The molecule has 0 spiro atoms. The second-order valence-corrected chi connectivity index (χ2v) is 5.56. The Kier molecular flexibility index (Phi) is 3.96. The van der Waals surface area contributed by atoms with Crippen molar-refractivity contribution < 1.29 is 0 Å². The fraction of sp³-hybridized carbons (Fsp3) is 0.182. The minimum Gasteiger partial charge on any atom is -0.334 e. The molecule has 0 saturated heterocycles. The lowest BCUT2D eigenvalue weighted by molar-refractivity contribution is 0.712. The van der Waals surface area contributed by atoms with Gasteiger partial charge in [-0.1, -0.05) is 30.0 Å². The summed E-state index contributed by atoms with van der Waals surface area (Å²) in [5, 5.41) is 2.48. The third-order valence-electron chi connectivity index (χ3n) is 4.09. The van der Waals surface area contributed by atoms with E-state index in [1.165, 1.54) is 21.8 Å². The monoisotopic (exact) mass is 297 g/mol. The SMILES string of the molecule is C=CC(C)n1c2cc(C#CC)ccc2c2ccc(C#CC)cc21. The van der Waals surface area contributed by atoms with Crippen LogP contribution in [0.15, 0.2) is 49.1 Å². The minimum atomic E-state index is 0.199. The molecular formula is C22H19N. The third-order valence-corrected chi connectivity index (χ3v) is 4.09. The van der Waals surface area contributed by atoms with Crippen LogP contribution in [0.3, 0.4) is 0 Å². The Morgan fingerprint density at radius 3 is 1.78 bits per heavy atom. The van der Waals surface area contributed by atoms with Gasteiger partial charge in [0.25, 0.3) is 0 Å². The van der Waals surface area contributed by atoms with Crippen molar-refractivity contribution >= 4 is 21.8 Å². The fourth-order valence-corrected chi connectivity index (χ4v) is 3.04. The first-order valence-electron chi connectivity index (χ1n) is 7.75. The van der Waals surface area contributed by atoms with E-state index in [2.05, 4.69) is 78.1 Å². The molecule has 0 N–H and O–H groups in total. The lowest BCUT2D eigenvalue weighted by atomic mass is 10.1. The third kappa shape index (κ3) is 2.52. The standard InChI is InChI=1S/C22H19N/c1-5-8-17-10-12-19-20-13-11-18(9-6-2)15-22(20)23(16(4)7-3)21(19)14-17/h7,10-16H,3H2,1-2,4H3. The predicted octanol–water partition coefficient (Wildman–Crippen LogP) is 5.28. The first kappa shape index (κ1) is 15.0. The summed E-state index contributed by atoms with van der Waals surface area (Å²) >= 11 is 0. The van der Waals surface area contributed by atoms with Crippen molar-refractivity contribution in [3.05, 3.63) is 60.2 Å². The van der Waals surface area contributed by atoms with Crippen molar-refractivity contribution in [2.75, 3.05) is 0 Å². The molecule has 112 valence electrons. The number of benzene rings is 2. The second-order valence-electron chi connectivity index (χ2n) is 5.56. The van der Waals surface area contributed by atoms with Crippen LogP contribution in [-0.4, -0.2) is 4.57 Å². The van der Waals surface area contributed by atoms with E-state index in [1.54, 1.807) is 0 Å². The normalized spacial score (nSPS) is 11.4. The van der Waals surface area contributed by atoms with Crippen molar-refractivity contribution in [1.82, 2.24) is 4.57 Å². The summed E-state index contributed by atoms with van der Waals surface area (Å²) in [5.41, 5.74) is 4.45. The summed E-state index contributed by atoms with van der Waals surface area (Å²) in [5.74, 6) is 12.2. The van der Waals surface area contributed by atoms with E-state index >= 15 is 0 Å². The zero-order valence-corrected chi connectivity index (χ0v) is 13.8. The summed E-state index contributed by atoms with van der Waals surface area (Å²) in [6.45, 7) is 9.85. The number of nitrogens with zero attached hydrogens (tertiary/aromatic N) is 1. The Morgan fingerprint density at radius 2 is 1.39 bits per heavy atom. The fourth-order valence-electron chi connectivity index (χ4n) is 3.04. The number of aromatic nitrogens is 1. The molecule has 3 rings (SSSR count). The lowest BCUT2D eigenvalue weighted by Crippen LogP contribution is -2.01. The van der Waals surface area contributed by atoms with E-state index in [-0.39, 0.29) is 6.04 Å². The average Bonchev–Trinajstić information content (AvgIpc) is 2.87. The van der Waals surface area contributed by atoms with Gasteiger partial charge in [-0.05, 0) is 45.0 Å². The van der Waals surface area contributed by atoms with Gasteiger partial charge in [0.1, 0.15) is 0 Å². The number of allylic oxidation sites excluding steroid dienone is 1. The lowest BCUT2D eigenvalue weighted by Gasteiger charge is -2.12.